The lowest BCUT2D eigenvalue weighted by Crippen LogP contribution is -2.15. The minimum Gasteiger partial charge on any atom is -0.317 e. The van der Waals surface area contributed by atoms with Gasteiger partial charge in [0.25, 0.3) is 10.0 Å². The number of sulfonamides is 1. The fourth-order valence-corrected chi connectivity index (χ4v) is 4.19. The Morgan fingerprint density at radius 3 is 2.76 bits per heavy atom. The molecule has 0 fully saturated rings. The molecular formula is C14H17FN2O2S2. The third-order valence-electron chi connectivity index (χ3n) is 2.78. The molecule has 7 heteroatoms. The molecule has 0 bridgehead atoms. The summed E-state index contributed by atoms with van der Waals surface area (Å²) in [5.41, 5.74) is 0.220. The number of hydrogen-bond donors (Lipinski definition) is 2. The average Bonchev–Trinajstić information content (AvgIpc) is 2.88. The molecule has 1 heterocycles. The van der Waals surface area contributed by atoms with E-state index in [1.807, 2.05) is 13.0 Å². The Balaban J connectivity index is 2.09. The highest BCUT2D eigenvalue weighted by Gasteiger charge is 2.17. The molecule has 1 aromatic heterocycles. The van der Waals surface area contributed by atoms with Gasteiger partial charge in [-0.2, -0.15) is 0 Å². The molecule has 4 nitrogen and oxygen atoms in total. The van der Waals surface area contributed by atoms with E-state index in [0.717, 1.165) is 30.5 Å². The van der Waals surface area contributed by atoms with E-state index >= 15 is 0 Å². The topological polar surface area (TPSA) is 58.2 Å². The van der Waals surface area contributed by atoms with Crippen molar-refractivity contribution in [3.63, 3.8) is 0 Å². The molecule has 21 heavy (non-hydrogen) atoms. The first kappa shape index (κ1) is 15.9. The third kappa shape index (κ3) is 4.52. The van der Waals surface area contributed by atoms with Crippen LogP contribution in [0.1, 0.15) is 11.8 Å². The summed E-state index contributed by atoms with van der Waals surface area (Å²) in [7, 11) is -3.66. The Morgan fingerprint density at radius 2 is 2.05 bits per heavy atom. The molecule has 0 saturated heterocycles. The second-order valence-corrected chi connectivity index (χ2v) is 7.52. The average molecular weight is 328 g/mol. The van der Waals surface area contributed by atoms with Gasteiger partial charge in [0.05, 0.1) is 5.69 Å². The van der Waals surface area contributed by atoms with Crippen LogP contribution in [-0.2, 0) is 16.4 Å². The van der Waals surface area contributed by atoms with Gasteiger partial charge in [-0.3, -0.25) is 4.72 Å². The van der Waals surface area contributed by atoms with E-state index in [2.05, 4.69) is 10.0 Å². The van der Waals surface area contributed by atoms with E-state index in [1.165, 1.54) is 29.5 Å². The zero-order chi connectivity index (χ0) is 15.3. The van der Waals surface area contributed by atoms with Crippen molar-refractivity contribution in [3.05, 3.63) is 47.1 Å². The number of anilines is 1. The largest absolute Gasteiger partial charge is 0.317 e. The highest BCUT2D eigenvalue weighted by atomic mass is 32.2. The standard InChI is InChI=1S/C14H17FN2O2S2/c1-2-16-9-8-13-6-7-14(20-13)21(18,19)17-12-5-3-4-11(15)10-12/h3-7,10,16-17H,2,8-9H2,1H3. The Bertz CT molecular complexity index is 699. The smallest absolute Gasteiger partial charge is 0.271 e. The number of benzene rings is 1. The third-order valence-corrected chi connectivity index (χ3v) is 5.80. The molecule has 0 aliphatic heterocycles. The number of thiophene rings is 1. The molecule has 0 atom stereocenters. The van der Waals surface area contributed by atoms with Gasteiger partial charge in [0.15, 0.2) is 0 Å². The van der Waals surface area contributed by atoms with Gasteiger partial charge in [-0.15, -0.1) is 11.3 Å². The van der Waals surface area contributed by atoms with Gasteiger partial charge in [-0.05, 0) is 49.8 Å². The summed E-state index contributed by atoms with van der Waals surface area (Å²) in [6, 6.07) is 8.78. The van der Waals surface area contributed by atoms with Gasteiger partial charge in [-0.1, -0.05) is 13.0 Å². The molecule has 114 valence electrons. The van der Waals surface area contributed by atoms with Crippen LogP contribution in [0.4, 0.5) is 10.1 Å². The Kier molecular flexibility index (Phi) is 5.33. The Hall–Kier alpha value is -1.44. The molecule has 0 saturated carbocycles. The minimum atomic E-state index is -3.66. The lowest BCUT2D eigenvalue weighted by molar-refractivity contribution is 0.603. The van der Waals surface area contributed by atoms with Gasteiger partial charge in [0.2, 0.25) is 0 Å². The molecule has 2 aromatic rings. The molecule has 0 unspecified atom stereocenters. The van der Waals surface area contributed by atoms with Gasteiger partial charge in [0, 0.05) is 4.88 Å². The Labute approximate surface area is 128 Å². The highest BCUT2D eigenvalue weighted by molar-refractivity contribution is 7.94. The number of likely N-dealkylation sites (N-methyl/N-ethyl adjacent to an activating group) is 1. The van der Waals surface area contributed by atoms with Crippen LogP contribution in [0, 0.1) is 5.82 Å². The second-order valence-electron chi connectivity index (χ2n) is 4.44. The van der Waals surface area contributed by atoms with Gasteiger partial charge >= 0.3 is 0 Å². The monoisotopic (exact) mass is 328 g/mol. The van der Waals surface area contributed by atoms with Crippen LogP contribution in [0.15, 0.2) is 40.6 Å². The number of hydrogen-bond acceptors (Lipinski definition) is 4. The summed E-state index contributed by atoms with van der Waals surface area (Å²) >= 11 is 1.23. The van der Waals surface area contributed by atoms with Crippen molar-refractivity contribution >= 4 is 27.0 Å². The van der Waals surface area contributed by atoms with Crippen LogP contribution in [0.25, 0.3) is 0 Å². The highest BCUT2D eigenvalue weighted by Crippen LogP contribution is 2.24. The molecule has 0 aliphatic rings. The van der Waals surface area contributed by atoms with Crippen molar-refractivity contribution in [2.45, 2.75) is 17.6 Å². The minimum absolute atomic E-state index is 0.220. The van der Waals surface area contributed by atoms with E-state index in [9.17, 15) is 12.8 Å². The van der Waals surface area contributed by atoms with Crippen LogP contribution in [0.5, 0.6) is 0 Å². The Morgan fingerprint density at radius 1 is 1.24 bits per heavy atom. The predicted octanol–water partition coefficient (Wildman–Crippen LogP) is 2.84. The number of nitrogens with one attached hydrogen (secondary N) is 2. The summed E-state index contributed by atoms with van der Waals surface area (Å²) in [5.74, 6) is -0.479. The molecule has 0 aliphatic carbocycles. The van der Waals surface area contributed by atoms with Crippen molar-refractivity contribution in [2.24, 2.45) is 0 Å². The zero-order valence-corrected chi connectivity index (χ0v) is 13.2. The summed E-state index contributed by atoms with van der Waals surface area (Å²) in [5, 5.41) is 3.19. The van der Waals surface area contributed by atoms with Gasteiger partial charge < -0.3 is 5.32 Å². The lowest BCUT2D eigenvalue weighted by Gasteiger charge is -2.06. The predicted molar refractivity (Wildman–Crippen MR) is 83.8 cm³/mol. The maximum atomic E-state index is 13.1. The van der Waals surface area contributed by atoms with Crippen molar-refractivity contribution in [1.82, 2.24) is 5.32 Å². The lowest BCUT2D eigenvalue weighted by atomic mass is 10.3. The van der Waals surface area contributed by atoms with Gasteiger partial charge in [0.1, 0.15) is 10.0 Å². The molecule has 2 N–H and O–H groups in total. The van der Waals surface area contributed by atoms with E-state index in [0.29, 0.717) is 0 Å². The molecule has 0 radical (unpaired) electrons. The van der Waals surface area contributed by atoms with Crippen LogP contribution >= 0.6 is 11.3 Å². The fourth-order valence-electron chi connectivity index (χ4n) is 1.78. The molecule has 0 amide bonds. The first-order chi connectivity index (χ1) is 10.0. The molecule has 1 aromatic carbocycles. The van der Waals surface area contributed by atoms with Crippen molar-refractivity contribution in [1.29, 1.82) is 0 Å². The van der Waals surface area contributed by atoms with Crippen LogP contribution in [0.3, 0.4) is 0 Å². The quantitative estimate of drug-likeness (QED) is 0.769. The number of halogens is 1. The maximum absolute atomic E-state index is 13.1. The summed E-state index contributed by atoms with van der Waals surface area (Å²) in [4.78, 5) is 0.996. The first-order valence-electron chi connectivity index (χ1n) is 6.59. The van der Waals surface area contributed by atoms with Crippen LogP contribution in [-0.4, -0.2) is 21.5 Å². The second kappa shape index (κ2) is 7.02. The van der Waals surface area contributed by atoms with Crippen molar-refractivity contribution in [2.75, 3.05) is 17.8 Å². The van der Waals surface area contributed by atoms with E-state index < -0.39 is 15.8 Å². The van der Waals surface area contributed by atoms with Crippen LogP contribution < -0.4 is 10.0 Å². The SMILES string of the molecule is CCNCCc1ccc(S(=O)(=O)Nc2cccc(F)c2)s1. The molecular weight excluding hydrogens is 311 g/mol. The molecule has 0 spiro atoms. The van der Waals surface area contributed by atoms with E-state index in [-0.39, 0.29) is 9.90 Å². The maximum Gasteiger partial charge on any atom is 0.271 e. The zero-order valence-electron chi connectivity index (χ0n) is 11.6. The van der Waals surface area contributed by atoms with E-state index in [1.54, 1.807) is 6.07 Å². The van der Waals surface area contributed by atoms with Crippen LogP contribution in [0.2, 0.25) is 0 Å². The first-order valence-corrected chi connectivity index (χ1v) is 8.89. The van der Waals surface area contributed by atoms with Crippen molar-refractivity contribution < 1.29 is 12.8 Å². The van der Waals surface area contributed by atoms with E-state index in [4.69, 9.17) is 0 Å². The normalized spacial score (nSPS) is 11.5. The summed E-state index contributed by atoms with van der Waals surface area (Å²) in [6.07, 6.45) is 0.786. The number of rotatable bonds is 7. The summed E-state index contributed by atoms with van der Waals surface area (Å²) < 4.78 is 40.1. The fraction of sp³-hybridized carbons (Fsp3) is 0.286. The van der Waals surface area contributed by atoms with Gasteiger partial charge in [-0.25, -0.2) is 12.8 Å². The van der Waals surface area contributed by atoms with Crippen molar-refractivity contribution in [3.8, 4) is 0 Å². The molecule has 2 rings (SSSR count). The summed E-state index contributed by atoms with van der Waals surface area (Å²) in [6.45, 7) is 3.72.